The second kappa shape index (κ2) is 15.6. The molecule has 0 aliphatic carbocycles. The Morgan fingerprint density at radius 1 is 0.778 bits per heavy atom. The van der Waals surface area contributed by atoms with Crippen LogP contribution >= 0.6 is 0 Å². The summed E-state index contributed by atoms with van der Waals surface area (Å²) in [5.74, 6) is 0. The molecule has 0 saturated heterocycles. The van der Waals surface area contributed by atoms with Crippen molar-refractivity contribution in [3.8, 4) is 0 Å². The second-order valence-corrected chi connectivity index (χ2v) is 6.38. The van der Waals surface area contributed by atoms with Crippen LogP contribution in [0.5, 0.6) is 0 Å². The van der Waals surface area contributed by atoms with Crippen LogP contribution in [0.25, 0.3) is 0 Å². The van der Waals surface area contributed by atoms with Gasteiger partial charge in [-0.3, -0.25) is 0 Å². The molecule has 0 aliphatic heterocycles. The molecule has 0 N–H and O–H groups in total. The Balaban J connectivity index is 3.47. The van der Waals surface area contributed by atoms with Gasteiger partial charge >= 0.3 is 125 Å². The first kappa shape index (κ1) is 18.6. The van der Waals surface area contributed by atoms with Crippen LogP contribution in [0.2, 0.25) is 0 Å². The Hall–Kier alpha value is 0.559. The summed E-state index contributed by atoms with van der Waals surface area (Å²) >= 11 is -1.72. The molecule has 0 saturated carbocycles. The Bertz CT molecular complexity index is 174. The molecule has 0 spiro atoms. The number of rotatable bonds is 14. The standard InChI is InChI=1S/C15H31O.O.Sn/c1-3-5-7-9-10-12-14-15(16)13-11-8-6-4-2;;/h15H,3-14H2,1-2H3;;/q-1;;+1. The maximum absolute atomic E-state index is 10.8. The van der Waals surface area contributed by atoms with E-state index in [4.69, 9.17) is 3.07 Å². The van der Waals surface area contributed by atoms with Gasteiger partial charge in [-0.1, -0.05) is 0 Å². The Labute approximate surface area is 124 Å². The van der Waals surface area contributed by atoms with Crippen LogP contribution in [0.15, 0.2) is 0 Å². The Morgan fingerprint density at radius 3 is 1.72 bits per heavy atom. The van der Waals surface area contributed by atoms with Gasteiger partial charge in [0.05, 0.1) is 0 Å². The van der Waals surface area contributed by atoms with E-state index >= 15 is 0 Å². The van der Waals surface area contributed by atoms with Gasteiger partial charge in [0, 0.05) is 0 Å². The van der Waals surface area contributed by atoms with Gasteiger partial charge in [0.15, 0.2) is 0 Å². The van der Waals surface area contributed by atoms with Gasteiger partial charge in [0.25, 0.3) is 0 Å². The molecule has 0 amide bonds. The summed E-state index contributed by atoms with van der Waals surface area (Å²) in [5.41, 5.74) is 0. The monoisotopic (exact) mass is 363 g/mol. The van der Waals surface area contributed by atoms with Crippen molar-refractivity contribution in [1.29, 1.82) is 0 Å². The molecule has 3 heteroatoms. The summed E-state index contributed by atoms with van der Waals surface area (Å²) in [5, 5.41) is 0. The van der Waals surface area contributed by atoms with Crippen molar-refractivity contribution in [2.75, 3.05) is 0 Å². The summed E-state index contributed by atoms with van der Waals surface area (Å²) in [7, 11) is 0. The fraction of sp³-hybridized carbons (Fsp3) is 1.00. The molecular formula is C15H31O2Sn. The zero-order valence-electron chi connectivity index (χ0n) is 12.4. The van der Waals surface area contributed by atoms with Gasteiger partial charge in [-0.05, 0) is 0 Å². The van der Waals surface area contributed by atoms with E-state index in [1.165, 1.54) is 64.2 Å². The van der Waals surface area contributed by atoms with E-state index in [2.05, 4.69) is 13.8 Å². The van der Waals surface area contributed by atoms with Crippen LogP contribution in [-0.4, -0.2) is 27.6 Å². The number of hydrogen-bond donors (Lipinski definition) is 0. The maximum atomic E-state index is 10.8. The molecule has 0 fully saturated rings. The zero-order chi connectivity index (χ0) is 13.5. The van der Waals surface area contributed by atoms with Gasteiger partial charge in [-0.15, -0.1) is 0 Å². The second-order valence-electron chi connectivity index (χ2n) is 5.23. The van der Waals surface area contributed by atoms with Gasteiger partial charge in [-0.2, -0.15) is 0 Å². The first-order valence-corrected chi connectivity index (χ1v) is 10.2. The quantitative estimate of drug-likeness (QED) is 0.319. The summed E-state index contributed by atoms with van der Waals surface area (Å²) in [6.07, 6.45) is 15.7. The third kappa shape index (κ3) is 13.0. The molecule has 0 heterocycles. The van der Waals surface area contributed by atoms with Crippen molar-refractivity contribution in [2.24, 2.45) is 0 Å². The molecule has 0 rings (SSSR count). The molecule has 1 radical (unpaired) electrons. The number of hydrogen-bond acceptors (Lipinski definition) is 2. The molecule has 1 atom stereocenters. The fourth-order valence-electron chi connectivity index (χ4n) is 2.28. The van der Waals surface area contributed by atoms with E-state index in [0.717, 1.165) is 12.8 Å². The van der Waals surface area contributed by atoms with Gasteiger partial charge in [-0.25, -0.2) is 0 Å². The molecular weight excluding hydrogens is 331 g/mol. The first-order chi connectivity index (χ1) is 8.85. The first-order valence-electron chi connectivity index (χ1n) is 7.87. The summed E-state index contributed by atoms with van der Waals surface area (Å²) in [6, 6.07) is 0. The normalized spacial score (nSPS) is 12.6. The van der Waals surface area contributed by atoms with Crippen LogP contribution in [-0.2, 0) is 6.15 Å². The van der Waals surface area contributed by atoms with E-state index in [1.807, 2.05) is 0 Å². The van der Waals surface area contributed by atoms with Crippen molar-refractivity contribution in [3.05, 3.63) is 0 Å². The van der Waals surface area contributed by atoms with Crippen LogP contribution in [0.1, 0.15) is 90.9 Å². The van der Waals surface area contributed by atoms with E-state index in [0.29, 0.717) is 6.10 Å². The fourth-order valence-corrected chi connectivity index (χ4v) is 3.34. The third-order valence-corrected chi connectivity index (χ3v) is 4.70. The van der Waals surface area contributed by atoms with Gasteiger partial charge in [0.2, 0.25) is 0 Å². The minimum absolute atomic E-state index is 0.303. The summed E-state index contributed by atoms with van der Waals surface area (Å²) in [6.45, 7) is 4.48. The van der Waals surface area contributed by atoms with Crippen molar-refractivity contribution < 1.29 is 6.15 Å². The summed E-state index contributed by atoms with van der Waals surface area (Å²) < 4.78 is 16.2. The Kier molecular flexibility index (Phi) is 16.1. The minimum atomic E-state index is -1.72. The molecule has 0 bridgehead atoms. The van der Waals surface area contributed by atoms with Crippen molar-refractivity contribution >= 4 is 21.5 Å². The van der Waals surface area contributed by atoms with E-state index in [9.17, 15) is 3.08 Å². The average Bonchev–Trinajstić information content (AvgIpc) is 2.38. The summed E-state index contributed by atoms with van der Waals surface area (Å²) in [4.78, 5) is 0. The van der Waals surface area contributed by atoms with Crippen LogP contribution < -0.4 is 0 Å². The van der Waals surface area contributed by atoms with E-state index < -0.39 is 21.5 Å². The van der Waals surface area contributed by atoms with E-state index in [1.54, 1.807) is 0 Å². The van der Waals surface area contributed by atoms with Crippen molar-refractivity contribution in [2.45, 2.75) is 97.0 Å². The third-order valence-electron chi connectivity index (χ3n) is 3.47. The molecule has 1 unspecified atom stereocenters. The molecule has 0 aromatic carbocycles. The zero-order valence-corrected chi connectivity index (χ0v) is 15.2. The molecule has 2 nitrogen and oxygen atoms in total. The van der Waals surface area contributed by atoms with Crippen LogP contribution in [0.3, 0.4) is 0 Å². The predicted octanol–water partition coefficient (Wildman–Crippen LogP) is 5.06. The topological polar surface area (TPSA) is 26.3 Å². The Morgan fingerprint density at radius 2 is 1.22 bits per heavy atom. The molecule has 0 aliphatic rings. The number of unbranched alkanes of at least 4 members (excludes halogenated alkanes) is 8. The van der Waals surface area contributed by atoms with Crippen LogP contribution in [0.4, 0.5) is 0 Å². The molecule has 0 aromatic heterocycles. The molecule has 107 valence electrons. The SMILES string of the molecule is CCCCCCCCC(CCCCCC)[O][Sn]=[O]. The molecule has 18 heavy (non-hydrogen) atoms. The van der Waals surface area contributed by atoms with Crippen LogP contribution in [0, 0.1) is 0 Å². The van der Waals surface area contributed by atoms with Gasteiger partial charge < -0.3 is 0 Å². The van der Waals surface area contributed by atoms with Crippen molar-refractivity contribution in [3.63, 3.8) is 0 Å². The van der Waals surface area contributed by atoms with Crippen molar-refractivity contribution in [1.82, 2.24) is 0 Å². The predicted molar refractivity (Wildman–Crippen MR) is 78.1 cm³/mol. The average molecular weight is 362 g/mol. The van der Waals surface area contributed by atoms with Gasteiger partial charge in [0.1, 0.15) is 0 Å². The molecule has 0 aromatic rings. The van der Waals surface area contributed by atoms with E-state index in [-0.39, 0.29) is 0 Å².